The van der Waals surface area contributed by atoms with Crippen LogP contribution in [0.2, 0.25) is 0 Å². The fourth-order valence-corrected chi connectivity index (χ4v) is 0.963. The summed E-state index contributed by atoms with van der Waals surface area (Å²) in [5, 5.41) is 18.4. The van der Waals surface area contributed by atoms with Crippen LogP contribution in [0.15, 0.2) is 18.2 Å². The van der Waals surface area contributed by atoms with Gasteiger partial charge in [-0.25, -0.2) is 0 Å². The molecule has 0 saturated carbocycles. The molecule has 0 heterocycles. The van der Waals surface area contributed by atoms with Gasteiger partial charge in [0.15, 0.2) is 0 Å². The van der Waals surface area contributed by atoms with Crippen molar-refractivity contribution >= 4 is 0 Å². The van der Waals surface area contributed by atoms with Gasteiger partial charge < -0.3 is 15.9 Å². The van der Waals surface area contributed by atoms with Crippen molar-refractivity contribution < 1.29 is 10.2 Å². The summed E-state index contributed by atoms with van der Waals surface area (Å²) >= 11 is 0. The molecule has 0 amide bonds. The van der Waals surface area contributed by atoms with E-state index in [1.165, 1.54) is 12.1 Å². The maximum atomic E-state index is 9.21. The molecule has 0 bridgehead atoms. The Kier molecular flexibility index (Phi) is 2.33. The molecular formula is C8H11NO2. The third-order valence-electron chi connectivity index (χ3n) is 1.52. The van der Waals surface area contributed by atoms with E-state index >= 15 is 0 Å². The highest BCUT2D eigenvalue weighted by Gasteiger charge is 2.03. The van der Waals surface area contributed by atoms with Gasteiger partial charge in [-0.05, 0) is 25.1 Å². The lowest BCUT2D eigenvalue weighted by molar-refractivity contribution is 0.438. The van der Waals surface area contributed by atoms with Crippen molar-refractivity contribution in [1.82, 2.24) is 0 Å². The van der Waals surface area contributed by atoms with Crippen LogP contribution in [0.5, 0.6) is 11.5 Å². The van der Waals surface area contributed by atoms with Crippen molar-refractivity contribution in [3.05, 3.63) is 23.8 Å². The first-order chi connectivity index (χ1) is 5.25. The molecule has 3 heteroatoms. The van der Waals surface area contributed by atoms with Crippen LogP contribution >= 0.6 is 0 Å². The van der Waals surface area contributed by atoms with Crippen LogP contribution in [-0.2, 0) is 6.42 Å². The maximum Gasteiger partial charge on any atom is 0.122 e. The molecule has 0 spiro atoms. The minimum atomic E-state index is 0.107. The molecule has 0 atom stereocenters. The van der Waals surface area contributed by atoms with Gasteiger partial charge in [0.05, 0.1) is 0 Å². The first-order valence-electron chi connectivity index (χ1n) is 3.45. The number of nitrogens with two attached hydrogens (primary N) is 1. The largest absolute Gasteiger partial charge is 0.508 e. The van der Waals surface area contributed by atoms with E-state index in [9.17, 15) is 10.2 Å². The van der Waals surface area contributed by atoms with Gasteiger partial charge in [-0.1, -0.05) is 6.07 Å². The van der Waals surface area contributed by atoms with Crippen molar-refractivity contribution in [1.29, 1.82) is 0 Å². The Balaban J connectivity index is 3.00. The second kappa shape index (κ2) is 3.25. The Morgan fingerprint density at radius 3 is 2.18 bits per heavy atom. The van der Waals surface area contributed by atoms with Crippen LogP contribution in [0, 0.1) is 0 Å². The SMILES string of the molecule is NCCc1c(O)cccc1O. The van der Waals surface area contributed by atoms with E-state index in [-0.39, 0.29) is 11.5 Å². The first kappa shape index (κ1) is 7.88. The second-order valence-corrected chi connectivity index (χ2v) is 2.31. The highest BCUT2D eigenvalue weighted by molar-refractivity contribution is 5.42. The highest BCUT2D eigenvalue weighted by Crippen LogP contribution is 2.25. The molecule has 3 nitrogen and oxygen atoms in total. The number of phenols is 2. The quantitative estimate of drug-likeness (QED) is 0.582. The molecule has 0 unspecified atom stereocenters. The zero-order chi connectivity index (χ0) is 8.27. The van der Waals surface area contributed by atoms with Crippen molar-refractivity contribution in [3.63, 3.8) is 0 Å². The fraction of sp³-hybridized carbons (Fsp3) is 0.250. The highest BCUT2D eigenvalue weighted by atomic mass is 16.3. The Morgan fingerprint density at radius 1 is 1.18 bits per heavy atom. The van der Waals surface area contributed by atoms with Crippen LogP contribution in [0.3, 0.4) is 0 Å². The molecule has 60 valence electrons. The number of phenolic OH excluding ortho intramolecular Hbond substituents is 2. The smallest absolute Gasteiger partial charge is 0.122 e. The van der Waals surface area contributed by atoms with Crippen molar-refractivity contribution in [2.45, 2.75) is 6.42 Å². The van der Waals surface area contributed by atoms with Crippen molar-refractivity contribution in [3.8, 4) is 11.5 Å². The van der Waals surface area contributed by atoms with E-state index in [0.717, 1.165) is 0 Å². The number of hydrogen-bond acceptors (Lipinski definition) is 3. The van der Waals surface area contributed by atoms with Crippen LogP contribution in [0.1, 0.15) is 5.56 Å². The normalized spacial score (nSPS) is 9.91. The lowest BCUT2D eigenvalue weighted by atomic mass is 10.1. The van der Waals surface area contributed by atoms with Crippen LogP contribution < -0.4 is 5.73 Å². The molecule has 1 aromatic rings. The molecule has 0 saturated heterocycles. The second-order valence-electron chi connectivity index (χ2n) is 2.31. The molecule has 11 heavy (non-hydrogen) atoms. The van der Waals surface area contributed by atoms with Gasteiger partial charge in [-0.15, -0.1) is 0 Å². The van der Waals surface area contributed by atoms with Gasteiger partial charge in [-0.2, -0.15) is 0 Å². The van der Waals surface area contributed by atoms with Gasteiger partial charge in [0.2, 0.25) is 0 Å². The topological polar surface area (TPSA) is 66.5 Å². The van der Waals surface area contributed by atoms with Gasteiger partial charge in [0.1, 0.15) is 11.5 Å². The van der Waals surface area contributed by atoms with Crippen molar-refractivity contribution in [2.24, 2.45) is 5.73 Å². The summed E-state index contributed by atoms with van der Waals surface area (Å²) in [5.74, 6) is 0.214. The molecular weight excluding hydrogens is 142 g/mol. The first-order valence-corrected chi connectivity index (χ1v) is 3.45. The number of aromatic hydroxyl groups is 2. The molecule has 0 fully saturated rings. The molecule has 1 aromatic carbocycles. The third-order valence-corrected chi connectivity index (χ3v) is 1.52. The van der Waals surface area contributed by atoms with E-state index in [1.54, 1.807) is 6.07 Å². The van der Waals surface area contributed by atoms with Crippen LogP contribution in [-0.4, -0.2) is 16.8 Å². The summed E-state index contributed by atoms with van der Waals surface area (Å²) in [4.78, 5) is 0. The summed E-state index contributed by atoms with van der Waals surface area (Å²) in [6.45, 7) is 0.422. The fourth-order valence-electron chi connectivity index (χ4n) is 0.963. The minimum absolute atomic E-state index is 0.107. The Labute approximate surface area is 65.1 Å². The van der Waals surface area contributed by atoms with Gasteiger partial charge in [0.25, 0.3) is 0 Å². The molecule has 4 N–H and O–H groups in total. The average Bonchev–Trinajstić information content (AvgIpc) is 1.97. The summed E-state index contributed by atoms with van der Waals surface area (Å²) in [7, 11) is 0. The summed E-state index contributed by atoms with van der Waals surface area (Å²) in [6.07, 6.45) is 0.499. The number of benzene rings is 1. The summed E-state index contributed by atoms with van der Waals surface area (Å²) < 4.78 is 0. The Bertz CT molecular complexity index is 228. The molecule has 0 aromatic heterocycles. The van der Waals surface area contributed by atoms with E-state index in [2.05, 4.69) is 0 Å². The zero-order valence-corrected chi connectivity index (χ0v) is 6.12. The predicted molar refractivity (Wildman–Crippen MR) is 42.5 cm³/mol. The van der Waals surface area contributed by atoms with Crippen LogP contribution in [0.4, 0.5) is 0 Å². The molecule has 0 aliphatic heterocycles. The van der Waals surface area contributed by atoms with E-state index < -0.39 is 0 Å². The van der Waals surface area contributed by atoms with Gasteiger partial charge >= 0.3 is 0 Å². The van der Waals surface area contributed by atoms with Gasteiger partial charge in [-0.3, -0.25) is 0 Å². The molecule has 0 aliphatic carbocycles. The Hall–Kier alpha value is -1.22. The lowest BCUT2D eigenvalue weighted by Gasteiger charge is -2.03. The summed E-state index contributed by atoms with van der Waals surface area (Å²) in [5.41, 5.74) is 5.80. The Morgan fingerprint density at radius 2 is 1.73 bits per heavy atom. The number of hydrogen-bond donors (Lipinski definition) is 3. The van der Waals surface area contributed by atoms with Crippen LogP contribution in [0.25, 0.3) is 0 Å². The lowest BCUT2D eigenvalue weighted by Crippen LogP contribution is -2.02. The minimum Gasteiger partial charge on any atom is -0.508 e. The maximum absolute atomic E-state index is 9.21. The molecule has 0 radical (unpaired) electrons. The predicted octanol–water partition coefficient (Wildman–Crippen LogP) is 0.599. The third kappa shape index (κ3) is 1.62. The monoisotopic (exact) mass is 153 g/mol. The van der Waals surface area contributed by atoms with E-state index in [0.29, 0.717) is 18.5 Å². The van der Waals surface area contributed by atoms with E-state index in [1.807, 2.05) is 0 Å². The molecule has 1 rings (SSSR count). The average molecular weight is 153 g/mol. The van der Waals surface area contributed by atoms with Gasteiger partial charge in [0, 0.05) is 5.56 Å². The van der Waals surface area contributed by atoms with Crippen molar-refractivity contribution in [2.75, 3.05) is 6.54 Å². The molecule has 0 aliphatic rings. The zero-order valence-electron chi connectivity index (χ0n) is 6.12. The number of rotatable bonds is 2. The summed E-state index contributed by atoms with van der Waals surface area (Å²) in [6, 6.07) is 4.65. The van der Waals surface area contributed by atoms with E-state index in [4.69, 9.17) is 5.73 Å². The standard InChI is InChI=1S/C8H11NO2/c9-5-4-6-7(10)2-1-3-8(6)11/h1-3,10-11H,4-5,9H2.